The zero-order chi connectivity index (χ0) is 18.9. The first-order valence-electron chi connectivity index (χ1n) is 10.4. The Kier molecular flexibility index (Phi) is 5.02. The van der Waals surface area contributed by atoms with E-state index in [0.717, 1.165) is 57.3 Å². The third-order valence-electron chi connectivity index (χ3n) is 6.25. The topological polar surface area (TPSA) is 79.3 Å². The molecule has 2 aromatic heterocycles. The van der Waals surface area contributed by atoms with Crippen molar-refractivity contribution in [1.82, 2.24) is 30.9 Å². The lowest BCUT2D eigenvalue weighted by Crippen LogP contribution is -2.46. The van der Waals surface area contributed by atoms with E-state index >= 15 is 0 Å². The molecule has 3 N–H and O–H groups in total. The van der Waals surface area contributed by atoms with Gasteiger partial charge in [-0.3, -0.25) is 10.1 Å². The molecule has 0 aliphatic carbocycles. The van der Waals surface area contributed by atoms with Crippen molar-refractivity contribution in [1.29, 1.82) is 0 Å². The van der Waals surface area contributed by atoms with Crippen LogP contribution in [0, 0.1) is 5.92 Å². The van der Waals surface area contributed by atoms with Gasteiger partial charge in [-0.15, -0.1) is 0 Å². The summed E-state index contributed by atoms with van der Waals surface area (Å²) in [4.78, 5) is 7.33. The lowest BCUT2D eigenvalue weighted by atomic mass is 9.82. The van der Waals surface area contributed by atoms with E-state index in [4.69, 9.17) is 9.72 Å². The zero-order valence-corrected chi connectivity index (χ0v) is 16.3. The largest absolute Gasteiger partial charge is 0.378 e. The number of fused-ring (bicyclic) bond motifs is 1. The van der Waals surface area contributed by atoms with Crippen molar-refractivity contribution in [3.63, 3.8) is 0 Å². The van der Waals surface area contributed by atoms with E-state index in [1.165, 1.54) is 5.56 Å². The molecule has 3 fully saturated rings. The van der Waals surface area contributed by atoms with Crippen molar-refractivity contribution in [2.45, 2.75) is 38.0 Å². The van der Waals surface area contributed by atoms with Crippen molar-refractivity contribution >= 4 is 5.82 Å². The third kappa shape index (κ3) is 3.41. The summed E-state index contributed by atoms with van der Waals surface area (Å²) in [5.41, 5.74) is 9.40. The first-order valence-corrected chi connectivity index (χ1v) is 10.4. The van der Waals surface area contributed by atoms with Crippen molar-refractivity contribution in [3.8, 4) is 0 Å². The molecular weight excluding hydrogens is 354 g/mol. The minimum Gasteiger partial charge on any atom is -0.378 e. The summed E-state index contributed by atoms with van der Waals surface area (Å²) in [5, 5.41) is 8.13. The predicted octanol–water partition coefficient (Wildman–Crippen LogP) is 1.00. The molecule has 0 bridgehead atoms. The van der Waals surface area contributed by atoms with Gasteiger partial charge in [-0.1, -0.05) is 6.07 Å². The molecule has 0 aromatic carbocycles. The number of hydrogen-bond acceptors (Lipinski definition) is 7. The monoisotopic (exact) mass is 383 g/mol. The van der Waals surface area contributed by atoms with Crippen LogP contribution < -0.4 is 21.1 Å². The zero-order valence-electron chi connectivity index (χ0n) is 16.3. The highest BCUT2D eigenvalue weighted by molar-refractivity contribution is 5.40. The summed E-state index contributed by atoms with van der Waals surface area (Å²) in [6, 6.07) is 7.37. The van der Waals surface area contributed by atoms with E-state index in [1.807, 2.05) is 10.9 Å². The molecule has 28 heavy (non-hydrogen) atoms. The number of pyridine rings is 1. The molecule has 150 valence electrons. The highest BCUT2D eigenvalue weighted by Crippen LogP contribution is 2.38. The molecule has 3 aliphatic heterocycles. The number of morpholine rings is 1. The summed E-state index contributed by atoms with van der Waals surface area (Å²) in [7, 11) is 0. The van der Waals surface area contributed by atoms with Gasteiger partial charge in [0.2, 0.25) is 0 Å². The molecule has 0 saturated carbocycles. The number of hydrazine groups is 1. The van der Waals surface area contributed by atoms with Crippen molar-refractivity contribution in [3.05, 3.63) is 41.9 Å². The smallest absolute Gasteiger partial charge is 0.129 e. The molecule has 0 amide bonds. The number of ether oxygens (including phenoxy) is 1. The quantitative estimate of drug-likeness (QED) is 0.727. The Balaban J connectivity index is 1.34. The van der Waals surface area contributed by atoms with Crippen LogP contribution in [0.4, 0.5) is 5.82 Å². The van der Waals surface area contributed by atoms with Crippen molar-refractivity contribution in [2.24, 2.45) is 5.92 Å². The van der Waals surface area contributed by atoms with Crippen LogP contribution in [0.25, 0.3) is 0 Å². The fraction of sp³-hybridized carbons (Fsp3) is 0.600. The van der Waals surface area contributed by atoms with Gasteiger partial charge in [-0.05, 0) is 25.5 Å². The van der Waals surface area contributed by atoms with E-state index in [1.54, 1.807) is 0 Å². The first-order chi connectivity index (χ1) is 13.8. The second kappa shape index (κ2) is 7.79. The summed E-state index contributed by atoms with van der Waals surface area (Å²) in [6.07, 6.45) is 5.23. The molecule has 4 atom stereocenters. The van der Waals surface area contributed by atoms with Gasteiger partial charge in [-0.2, -0.15) is 5.10 Å². The van der Waals surface area contributed by atoms with Gasteiger partial charge in [0.25, 0.3) is 0 Å². The first kappa shape index (κ1) is 18.1. The number of anilines is 1. The van der Waals surface area contributed by atoms with E-state index in [9.17, 15) is 0 Å². The SMILES string of the molecule is CCn1cc(C2CC3C(CN2)NNC3c2cccc(N3CCOCC3)n2)cn1. The Labute approximate surface area is 165 Å². The predicted molar refractivity (Wildman–Crippen MR) is 107 cm³/mol. The van der Waals surface area contributed by atoms with Crippen LogP contribution in [0.3, 0.4) is 0 Å². The number of piperidine rings is 1. The van der Waals surface area contributed by atoms with Crippen LogP contribution in [0.15, 0.2) is 30.6 Å². The Morgan fingerprint density at radius 1 is 1.21 bits per heavy atom. The van der Waals surface area contributed by atoms with Crippen LogP contribution in [0.2, 0.25) is 0 Å². The summed E-state index contributed by atoms with van der Waals surface area (Å²) in [6.45, 7) is 7.34. The Bertz CT molecular complexity index is 803. The summed E-state index contributed by atoms with van der Waals surface area (Å²) in [5.74, 6) is 1.55. The van der Waals surface area contributed by atoms with Gasteiger partial charge < -0.3 is 15.0 Å². The molecule has 2 aromatic rings. The number of aryl methyl sites for hydroxylation is 1. The Hall–Kier alpha value is -2.00. The van der Waals surface area contributed by atoms with Gasteiger partial charge in [0, 0.05) is 55.9 Å². The van der Waals surface area contributed by atoms with Gasteiger partial charge in [0.1, 0.15) is 5.82 Å². The molecule has 8 nitrogen and oxygen atoms in total. The third-order valence-corrected chi connectivity index (χ3v) is 6.25. The highest BCUT2D eigenvalue weighted by atomic mass is 16.5. The Morgan fingerprint density at radius 3 is 2.93 bits per heavy atom. The van der Waals surface area contributed by atoms with Crippen LogP contribution in [-0.2, 0) is 11.3 Å². The minimum absolute atomic E-state index is 0.219. The molecule has 4 unspecified atom stereocenters. The standard InChI is InChI=1S/C20H29N7O/c1-2-27-13-14(11-22-27)17-10-15-18(12-21-17)24-25-20(15)16-4-3-5-19(23-16)26-6-8-28-9-7-26/h3-5,11,13,15,17-18,20-21,24-25H,2,6-10,12H2,1H3. The molecule has 5 rings (SSSR count). The maximum Gasteiger partial charge on any atom is 0.129 e. The van der Waals surface area contributed by atoms with E-state index in [-0.39, 0.29) is 6.04 Å². The second-order valence-electron chi connectivity index (χ2n) is 7.88. The van der Waals surface area contributed by atoms with Crippen LogP contribution in [-0.4, -0.2) is 53.7 Å². The molecule has 5 heterocycles. The second-order valence-corrected chi connectivity index (χ2v) is 7.88. The fourth-order valence-corrected chi connectivity index (χ4v) is 4.63. The molecule has 0 spiro atoms. The molecule has 8 heteroatoms. The number of nitrogens with one attached hydrogen (secondary N) is 3. The molecule has 3 saturated heterocycles. The van der Waals surface area contributed by atoms with Crippen LogP contribution in [0.5, 0.6) is 0 Å². The average Bonchev–Trinajstić information content (AvgIpc) is 3.41. The Morgan fingerprint density at radius 2 is 2.11 bits per heavy atom. The number of aromatic nitrogens is 3. The maximum absolute atomic E-state index is 5.48. The minimum atomic E-state index is 0.219. The van der Waals surface area contributed by atoms with Crippen LogP contribution >= 0.6 is 0 Å². The van der Waals surface area contributed by atoms with E-state index in [0.29, 0.717) is 18.0 Å². The number of nitrogens with zero attached hydrogens (tertiary/aromatic N) is 4. The highest BCUT2D eigenvalue weighted by Gasteiger charge is 2.42. The fourth-order valence-electron chi connectivity index (χ4n) is 4.63. The lowest BCUT2D eigenvalue weighted by molar-refractivity contribution is 0.122. The van der Waals surface area contributed by atoms with E-state index < -0.39 is 0 Å². The molecular formula is C20H29N7O. The van der Waals surface area contributed by atoms with Gasteiger partial charge >= 0.3 is 0 Å². The van der Waals surface area contributed by atoms with Crippen molar-refractivity contribution < 1.29 is 4.74 Å². The van der Waals surface area contributed by atoms with Gasteiger partial charge in [0.05, 0.1) is 31.1 Å². The number of hydrogen-bond donors (Lipinski definition) is 3. The average molecular weight is 384 g/mol. The van der Waals surface area contributed by atoms with Crippen molar-refractivity contribution in [2.75, 3.05) is 37.7 Å². The van der Waals surface area contributed by atoms with Gasteiger partial charge in [0.15, 0.2) is 0 Å². The normalized spacial score (nSPS) is 30.4. The summed E-state index contributed by atoms with van der Waals surface area (Å²) >= 11 is 0. The maximum atomic E-state index is 5.48. The number of rotatable bonds is 4. The molecule has 0 radical (unpaired) electrons. The summed E-state index contributed by atoms with van der Waals surface area (Å²) < 4.78 is 7.48. The van der Waals surface area contributed by atoms with Gasteiger partial charge in [-0.25, -0.2) is 10.4 Å². The van der Waals surface area contributed by atoms with E-state index in [2.05, 4.69) is 57.5 Å². The van der Waals surface area contributed by atoms with Crippen LogP contribution in [0.1, 0.15) is 36.7 Å². The molecule has 3 aliphatic rings. The lowest BCUT2D eigenvalue weighted by Gasteiger charge is -2.34.